The Balaban J connectivity index is 2.26. The van der Waals surface area contributed by atoms with Gasteiger partial charge in [-0.3, -0.25) is 19.2 Å². The van der Waals surface area contributed by atoms with Crippen LogP contribution >= 0.6 is 0 Å². The quantitative estimate of drug-likeness (QED) is 0.148. The number of likely N-dealkylation sites (N-methyl/N-ethyl adjacent to an activating group) is 2. The van der Waals surface area contributed by atoms with E-state index in [1.165, 1.54) is 38.5 Å². The zero-order valence-corrected chi connectivity index (χ0v) is 33.5. The zero-order chi connectivity index (χ0) is 40.2. The Bertz CT molecular complexity index is 1360. The van der Waals surface area contributed by atoms with E-state index in [9.17, 15) is 33.5 Å². The molecule has 1 aliphatic heterocycles. The van der Waals surface area contributed by atoms with Gasteiger partial charge in [-0.2, -0.15) is 0 Å². The Kier molecular flexibility index (Phi) is 18.3. The number of carboxylic acids is 1. The molecule has 300 valence electrons. The van der Waals surface area contributed by atoms with Crippen LogP contribution in [-0.4, -0.2) is 122 Å². The van der Waals surface area contributed by atoms with Gasteiger partial charge in [0.25, 0.3) is 0 Å². The van der Waals surface area contributed by atoms with Gasteiger partial charge in [0.1, 0.15) is 17.9 Å². The number of aliphatic carboxylic acids is 1. The molecule has 2 unspecified atom stereocenters. The van der Waals surface area contributed by atoms with Crippen LogP contribution in [-0.2, 0) is 39.9 Å². The van der Waals surface area contributed by atoms with Crippen molar-refractivity contribution in [2.45, 2.75) is 123 Å². The second-order valence-electron chi connectivity index (χ2n) is 15.1. The van der Waals surface area contributed by atoms with Crippen molar-refractivity contribution < 1.29 is 42.9 Å². The molecule has 0 spiro atoms. The first-order valence-corrected chi connectivity index (χ1v) is 18.8. The number of rotatable bonds is 21. The standard InChI is InChI=1S/C39H64FN5O8/c1-12-24(6)34(44(9)38(49)33(23(4)5)43-37(48)32(41-8)22(2)3)30(52-10)21-31(46)45-19-13-14-29(45)35(53-11)25(7)36(47)42-28(39(50)51)20-26-15-17-27(40)18-16-26/h15-18,22-25,28-30,32-35,41H,12-14,19-21H2,1-11H3,(H,42,47)(H,43,48)(H,50,51)/t24-,25+,28-,29-,30?,32-,33-,34?,35+/m0/s1. The SMILES string of the molecule is CC[C@H](C)C(C(CC(=O)N1CCC[C@H]1[C@H](OC)[C@@H](C)C(=O)N[C@@H](Cc1ccc(F)cc1)C(=O)O)OC)N(C)C(=O)[C@@H](NC(=O)[C@@H](NC)C(C)C)C(C)C. The number of nitrogens with zero attached hydrogens (tertiary/aromatic N) is 2. The molecule has 1 fully saturated rings. The van der Waals surface area contributed by atoms with Crippen LogP contribution < -0.4 is 16.0 Å². The number of hydrogen-bond donors (Lipinski definition) is 4. The molecule has 0 radical (unpaired) electrons. The molecule has 0 aromatic heterocycles. The molecule has 4 amide bonds. The number of carboxylic acid groups (broad SMARTS) is 1. The molecule has 1 aromatic carbocycles. The number of carbonyl (C=O) groups excluding carboxylic acids is 4. The molecule has 1 aromatic rings. The molecule has 1 saturated heterocycles. The monoisotopic (exact) mass is 749 g/mol. The zero-order valence-electron chi connectivity index (χ0n) is 33.5. The number of methoxy groups -OCH3 is 2. The lowest BCUT2D eigenvalue weighted by molar-refractivity contribution is -0.148. The van der Waals surface area contributed by atoms with Gasteiger partial charge in [-0.15, -0.1) is 0 Å². The van der Waals surface area contributed by atoms with Crippen molar-refractivity contribution >= 4 is 29.6 Å². The molecule has 2 rings (SSSR count). The normalized spacial score (nSPS) is 19.1. The van der Waals surface area contributed by atoms with Crippen molar-refractivity contribution in [2.24, 2.45) is 23.7 Å². The van der Waals surface area contributed by atoms with E-state index in [0.717, 1.165) is 0 Å². The third kappa shape index (κ3) is 12.2. The second-order valence-corrected chi connectivity index (χ2v) is 15.1. The highest BCUT2D eigenvalue weighted by Gasteiger charge is 2.43. The Labute approximate surface area is 315 Å². The number of benzene rings is 1. The van der Waals surface area contributed by atoms with Gasteiger partial charge >= 0.3 is 5.97 Å². The van der Waals surface area contributed by atoms with Crippen LogP contribution in [0.5, 0.6) is 0 Å². The topological polar surface area (TPSA) is 167 Å². The molecule has 0 bridgehead atoms. The first kappa shape index (κ1) is 45.5. The van der Waals surface area contributed by atoms with E-state index >= 15 is 0 Å². The summed E-state index contributed by atoms with van der Waals surface area (Å²) in [5.74, 6) is -4.05. The van der Waals surface area contributed by atoms with Gasteiger partial charge in [0.15, 0.2) is 0 Å². The first-order valence-electron chi connectivity index (χ1n) is 18.8. The fraction of sp³-hybridized carbons (Fsp3) is 0.718. The van der Waals surface area contributed by atoms with Gasteiger partial charge in [0.2, 0.25) is 23.6 Å². The largest absolute Gasteiger partial charge is 0.480 e. The Morgan fingerprint density at radius 2 is 1.55 bits per heavy atom. The molecular formula is C39H64FN5O8. The lowest BCUT2D eigenvalue weighted by Crippen LogP contribution is -2.59. The Morgan fingerprint density at radius 3 is 2.04 bits per heavy atom. The maximum Gasteiger partial charge on any atom is 0.326 e. The minimum absolute atomic E-state index is 0.0105. The minimum atomic E-state index is -1.25. The van der Waals surface area contributed by atoms with Gasteiger partial charge < -0.3 is 40.3 Å². The molecule has 53 heavy (non-hydrogen) atoms. The van der Waals surface area contributed by atoms with Crippen LogP contribution in [0.4, 0.5) is 4.39 Å². The van der Waals surface area contributed by atoms with Crippen LogP contribution in [0.15, 0.2) is 24.3 Å². The van der Waals surface area contributed by atoms with Crippen LogP contribution in [0, 0.1) is 29.5 Å². The van der Waals surface area contributed by atoms with E-state index in [1.807, 2.05) is 41.5 Å². The Morgan fingerprint density at radius 1 is 0.943 bits per heavy atom. The van der Waals surface area contributed by atoms with Crippen molar-refractivity contribution in [3.05, 3.63) is 35.6 Å². The van der Waals surface area contributed by atoms with Crippen LogP contribution in [0.3, 0.4) is 0 Å². The molecule has 0 saturated carbocycles. The van der Waals surface area contributed by atoms with Crippen molar-refractivity contribution in [1.82, 2.24) is 25.8 Å². The van der Waals surface area contributed by atoms with E-state index in [2.05, 4.69) is 16.0 Å². The molecule has 9 atom stereocenters. The van der Waals surface area contributed by atoms with Gasteiger partial charge in [-0.25, -0.2) is 9.18 Å². The summed E-state index contributed by atoms with van der Waals surface area (Å²) in [6, 6.07) is 1.93. The van der Waals surface area contributed by atoms with Crippen molar-refractivity contribution in [3.63, 3.8) is 0 Å². The second kappa shape index (κ2) is 21.3. The highest BCUT2D eigenvalue weighted by molar-refractivity contribution is 5.90. The number of likely N-dealkylation sites (tertiary alicyclic amines) is 1. The number of ether oxygens (including phenoxy) is 2. The highest BCUT2D eigenvalue weighted by Crippen LogP contribution is 2.30. The fourth-order valence-corrected chi connectivity index (χ4v) is 7.41. The van der Waals surface area contributed by atoms with Crippen molar-refractivity contribution in [2.75, 3.05) is 34.9 Å². The number of nitrogens with one attached hydrogen (secondary N) is 3. The summed E-state index contributed by atoms with van der Waals surface area (Å²) in [4.78, 5) is 70.2. The predicted octanol–water partition coefficient (Wildman–Crippen LogP) is 3.24. The molecule has 13 nitrogen and oxygen atoms in total. The molecule has 1 aliphatic rings. The van der Waals surface area contributed by atoms with E-state index < -0.39 is 66.0 Å². The molecule has 1 heterocycles. The van der Waals surface area contributed by atoms with Gasteiger partial charge in [-0.05, 0) is 55.3 Å². The maximum absolute atomic E-state index is 14.1. The lowest BCUT2D eigenvalue weighted by Gasteiger charge is -2.41. The molecule has 0 aliphatic carbocycles. The van der Waals surface area contributed by atoms with Crippen molar-refractivity contribution in [3.8, 4) is 0 Å². The summed E-state index contributed by atoms with van der Waals surface area (Å²) < 4.78 is 25.2. The lowest BCUT2D eigenvalue weighted by atomic mass is 9.89. The summed E-state index contributed by atoms with van der Waals surface area (Å²) in [6.45, 7) is 13.7. The average molecular weight is 750 g/mol. The number of amides is 4. The predicted molar refractivity (Wildman–Crippen MR) is 200 cm³/mol. The summed E-state index contributed by atoms with van der Waals surface area (Å²) in [5, 5.41) is 18.4. The first-order chi connectivity index (χ1) is 24.9. The Hall–Kier alpha value is -3.62. The summed E-state index contributed by atoms with van der Waals surface area (Å²) in [6.07, 6.45) is 0.463. The van der Waals surface area contributed by atoms with E-state index in [1.54, 1.807) is 30.8 Å². The molecule has 4 N–H and O–H groups in total. The van der Waals surface area contributed by atoms with E-state index in [4.69, 9.17) is 9.47 Å². The fourth-order valence-electron chi connectivity index (χ4n) is 7.41. The van der Waals surface area contributed by atoms with E-state index in [-0.39, 0.29) is 48.3 Å². The number of carbonyl (C=O) groups is 5. The smallest absolute Gasteiger partial charge is 0.326 e. The maximum atomic E-state index is 14.1. The van der Waals surface area contributed by atoms with E-state index in [0.29, 0.717) is 31.4 Å². The highest BCUT2D eigenvalue weighted by atomic mass is 19.1. The summed E-state index contributed by atoms with van der Waals surface area (Å²) >= 11 is 0. The van der Waals surface area contributed by atoms with Crippen LogP contribution in [0.25, 0.3) is 0 Å². The van der Waals surface area contributed by atoms with Crippen LogP contribution in [0.1, 0.15) is 79.7 Å². The summed E-state index contributed by atoms with van der Waals surface area (Å²) in [7, 11) is 6.38. The molecule has 14 heteroatoms. The third-order valence-electron chi connectivity index (χ3n) is 10.7. The summed E-state index contributed by atoms with van der Waals surface area (Å²) in [5.41, 5.74) is 0.552. The number of halogens is 1. The molecular weight excluding hydrogens is 685 g/mol. The van der Waals surface area contributed by atoms with Gasteiger partial charge in [0.05, 0.1) is 42.7 Å². The minimum Gasteiger partial charge on any atom is -0.480 e. The third-order valence-corrected chi connectivity index (χ3v) is 10.7. The van der Waals surface area contributed by atoms with Gasteiger partial charge in [-0.1, -0.05) is 67.0 Å². The average Bonchev–Trinajstić information content (AvgIpc) is 3.60. The van der Waals surface area contributed by atoms with Crippen molar-refractivity contribution in [1.29, 1.82) is 0 Å². The van der Waals surface area contributed by atoms with Gasteiger partial charge in [0, 0.05) is 34.2 Å². The number of hydrogen-bond acceptors (Lipinski definition) is 8. The van der Waals surface area contributed by atoms with Crippen LogP contribution in [0.2, 0.25) is 0 Å².